The Morgan fingerprint density at radius 2 is 1.43 bits per heavy atom. The van der Waals surface area contributed by atoms with Gasteiger partial charge in [-0.25, -0.2) is 0 Å². The monoisotopic (exact) mass is 294 g/mol. The average molecular weight is 294 g/mol. The molecule has 2 N–H and O–H groups in total. The fourth-order valence-corrected chi connectivity index (χ4v) is 4.15. The lowest BCUT2D eigenvalue weighted by molar-refractivity contribution is -0.164. The van der Waals surface area contributed by atoms with Crippen molar-refractivity contribution in [2.45, 2.75) is 66.3 Å². The number of piperidine rings is 1. The van der Waals surface area contributed by atoms with Gasteiger partial charge in [-0.15, -0.1) is 0 Å². The van der Waals surface area contributed by atoms with Crippen LogP contribution in [0.2, 0.25) is 0 Å². The first-order chi connectivity index (χ1) is 9.30. The molecule has 1 saturated carbocycles. The van der Waals surface area contributed by atoms with E-state index in [1.165, 1.54) is 0 Å². The lowest BCUT2D eigenvalue weighted by Gasteiger charge is -2.53. The molecule has 1 aliphatic carbocycles. The van der Waals surface area contributed by atoms with E-state index in [1.54, 1.807) is 0 Å². The van der Waals surface area contributed by atoms with E-state index >= 15 is 0 Å². The highest BCUT2D eigenvalue weighted by atomic mass is 16.2. The van der Waals surface area contributed by atoms with Crippen molar-refractivity contribution in [3.05, 3.63) is 0 Å². The van der Waals surface area contributed by atoms with Gasteiger partial charge in [-0.3, -0.25) is 19.7 Å². The topological polar surface area (TPSA) is 75.3 Å². The lowest BCUT2D eigenvalue weighted by atomic mass is 9.52. The van der Waals surface area contributed by atoms with Crippen molar-refractivity contribution in [2.75, 3.05) is 0 Å². The zero-order valence-electron chi connectivity index (χ0n) is 13.8. The van der Waals surface area contributed by atoms with Crippen LogP contribution in [0.5, 0.6) is 0 Å². The number of hydrogen-bond donors (Lipinski definition) is 2. The van der Waals surface area contributed by atoms with Gasteiger partial charge in [0, 0.05) is 21.8 Å². The van der Waals surface area contributed by atoms with Crippen LogP contribution < -0.4 is 10.6 Å². The third kappa shape index (κ3) is 2.70. The molecule has 1 saturated heterocycles. The highest BCUT2D eigenvalue weighted by molar-refractivity contribution is 6.04. The van der Waals surface area contributed by atoms with Gasteiger partial charge in [0.25, 0.3) is 0 Å². The van der Waals surface area contributed by atoms with E-state index < -0.39 is 16.2 Å². The average Bonchev–Trinajstić information content (AvgIpc) is 2.23. The van der Waals surface area contributed by atoms with Crippen molar-refractivity contribution in [2.24, 2.45) is 16.2 Å². The molecule has 21 heavy (non-hydrogen) atoms. The number of carbonyl (C=O) groups excluding carboxylic acids is 3. The van der Waals surface area contributed by atoms with Crippen LogP contribution in [0.3, 0.4) is 0 Å². The Balaban J connectivity index is 2.37. The lowest BCUT2D eigenvalue weighted by Crippen LogP contribution is -2.64. The minimum absolute atomic E-state index is 0.0744. The third-order valence-electron chi connectivity index (χ3n) is 4.70. The maximum Gasteiger partial charge on any atom is 0.232 e. The number of rotatable bonds is 1. The molecule has 5 nitrogen and oxygen atoms in total. The van der Waals surface area contributed by atoms with Crippen molar-refractivity contribution in [1.29, 1.82) is 0 Å². The summed E-state index contributed by atoms with van der Waals surface area (Å²) in [5.74, 6) is -0.575. The van der Waals surface area contributed by atoms with Gasteiger partial charge in [0.1, 0.15) is 0 Å². The maximum atomic E-state index is 12.7. The van der Waals surface area contributed by atoms with Crippen molar-refractivity contribution < 1.29 is 14.4 Å². The Labute approximate surface area is 126 Å². The molecule has 118 valence electrons. The zero-order valence-corrected chi connectivity index (χ0v) is 13.8. The maximum absolute atomic E-state index is 12.7. The molecule has 0 aromatic rings. The van der Waals surface area contributed by atoms with Gasteiger partial charge in [0.05, 0.1) is 0 Å². The van der Waals surface area contributed by atoms with Crippen LogP contribution in [-0.2, 0) is 14.4 Å². The molecule has 2 bridgehead atoms. The molecule has 0 spiro atoms. The molecule has 2 aliphatic rings. The number of hydrogen-bond acceptors (Lipinski definition) is 3. The normalized spacial score (nSPS) is 39.7. The van der Waals surface area contributed by atoms with Crippen LogP contribution in [0.25, 0.3) is 0 Å². The molecule has 2 fully saturated rings. The van der Waals surface area contributed by atoms with Crippen LogP contribution in [-0.4, -0.2) is 23.3 Å². The standard InChI is InChI=1S/C16H26N2O3/c1-13(2,3)18-12(21)16(6)8-14(4)7-15(5,9-16)11(20)17-10(14)19/h7-9H2,1-6H3,(H,18,21)(H,17,19,20). The number of amides is 3. The third-order valence-corrected chi connectivity index (χ3v) is 4.70. The van der Waals surface area contributed by atoms with Crippen molar-refractivity contribution >= 4 is 17.7 Å². The van der Waals surface area contributed by atoms with Crippen LogP contribution in [0.1, 0.15) is 60.8 Å². The van der Waals surface area contributed by atoms with Gasteiger partial charge in [0.2, 0.25) is 17.7 Å². The van der Waals surface area contributed by atoms with Gasteiger partial charge < -0.3 is 5.32 Å². The van der Waals surface area contributed by atoms with E-state index in [-0.39, 0.29) is 23.3 Å². The number of imide groups is 1. The van der Waals surface area contributed by atoms with E-state index in [0.717, 1.165) is 0 Å². The van der Waals surface area contributed by atoms with E-state index in [2.05, 4.69) is 10.6 Å². The first-order valence-electron chi connectivity index (χ1n) is 7.48. The summed E-state index contributed by atoms with van der Waals surface area (Å²) >= 11 is 0. The van der Waals surface area contributed by atoms with Crippen molar-refractivity contribution in [3.8, 4) is 0 Å². The van der Waals surface area contributed by atoms with Gasteiger partial charge in [-0.05, 0) is 40.0 Å². The SMILES string of the molecule is CC(C)(C)NC(=O)C1(C)CC2(C)CC(C)(C1)C(=O)NC2=O. The molecular formula is C16H26N2O3. The molecule has 1 heterocycles. The highest BCUT2D eigenvalue weighted by Gasteiger charge is 2.60. The van der Waals surface area contributed by atoms with E-state index in [1.807, 2.05) is 41.5 Å². The summed E-state index contributed by atoms with van der Waals surface area (Å²) in [5.41, 5.74) is -2.36. The highest BCUT2D eigenvalue weighted by Crippen LogP contribution is 2.56. The first-order valence-corrected chi connectivity index (χ1v) is 7.48. The molecule has 3 amide bonds. The molecular weight excluding hydrogens is 268 g/mol. The Bertz CT molecular complexity index is 492. The van der Waals surface area contributed by atoms with Gasteiger partial charge in [0.15, 0.2) is 0 Å². The molecule has 5 heteroatoms. The molecule has 2 atom stereocenters. The van der Waals surface area contributed by atoms with Crippen LogP contribution in [0, 0.1) is 16.2 Å². The second kappa shape index (κ2) is 4.31. The second-order valence-electron chi connectivity index (χ2n) is 8.70. The molecule has 2 unspecified atom stereocenters. The van der Waals surface area contributed by atoms with E-state index in [0.29, 0.717) is 19.3 Å². The smallest absolute Gasteiger partial charge is 0.232 e. The summed E-state index contributed by atoms with van der Waals surface area (Å²) in [7, 11) is 0. The Morgan fingerprint density at radius 3 is 1.81 bits per heavy atom. The van der Waals surface area contributed by atoms with Crippen LogP contribution >= 0.6 is 0 Å². The van der Waals surface area contributed by atoms with E-state index in [4.69, 9.17) is 0 Å². The fraction of sp³-hybridized carbons (Fsp3) is 0.812. The summed E-state index contributed by atoms with van der Waals surface area (Å²) in [6.45, 7) is 11.4. The summed E-state index contributed by atoms with van der Waals surface area (Å²) in [5, 5.41) is 5.48. The Hall–Kier alpha value is -1.39. The molecule has 0 aromatic carbocycles. The van der Waals surface area contributed by atoms with Crippen molar-refractivity contribution in [3.63, 3.8) is 0 Å². The second-order valence-corrected chi connectivity index (χ2v) is 8.70. The Kier molecular flexibility index (Phi) is 3.28. The minimum atomic E-state index is -0.706. The molecule has 1 aliphatic heterocycles. The summed E-state index contributed by atoms with van der Waals surface area (Å²) in [6.07, 6.45) is 1.45. The molecule has 0 aromatic heterocycles. The van der Waals surface area contributed by atoms with E-state index in [9.17, 15) is 14.4 Å². The molecule has 2 rings (SSSR count). The summed E-state index contributed by atoms with van der Waals surface area (Å²) in [6, 6.07) is 0. The number of carbonyl (C=O) groups is 3. The summed E-state index contributed by atoms with van der Waals surface area (Å²) < 4.78 is 0. The van der Waals surface area contributed by atoms with Crippen LogP contribution in [0.15, 0.2) is 0 Å². The molecule has 0 radical (unpaired) electrons. The van der Waals surface area contributed by atoms with Gasteiger partial charge in [-0.1, -0.05) is 20.8 Å². The Morgan fingerprint density at radius 1 is 1.00 bits per heavy atom. The van der Waals surface area contributed by atoms with Gasteiger partial charge in [-0.2, -0.15) is 0 Å². The predicted octanol–water partition coefficient (Wildman–Crippen LogP) is 1.76. The number of fused-ring (bicyclic) bond motifs is 2. The van der Waals surface area contributed by atoms with Crippen LogP contribution in [0.4, 0.5) is 0 Å². The minimum Gasteiger partial charge on any atom is -0.351 e. The van der Waals surface area contributed by atoms with Crippen molar-refractivity contribution in [1.82, 2.24) is 10.6 Å². The number of nitrogens with one attached hydrogen (secondary N) is 2. The predicted molar refractivity (Wildman–Crippen MR) is 79.2 cm³/mol. The largest absolute Gasteiger partial charge is 0.351 e. The zero-order chi connectivity index (χ0) is 16.3. The summed E-state index contributed by atoms with van der Waals surface area (Å²) in [4.78, 5) is 37.1. The van der Waals surface area contributed by atoms with Gasteiger partial charge >= 0.3 is 0 Å². The quantitative estimate of drug-likeness (QED) is 0.724. The first kappa shape index (κ1) is 16.0. The fourth-order valence-electron chi connectivity index (χ4n) is 4.15.